The lowest BCUT2D eigenvalue weighted by atomic mass is 10.2. The van der Waals surface area contributed by atoms with Crippen molar-refractivity contribution in [3.63, 3.8) is 0 Å². The fraction of sp³-hybridized carbons (Fsp3) is 0.0909. The molecule has 1 heterocycles. The number of aryl methyl sites for hydroxylation is 1. The van der Waals surface area contributed by atoms with Gasteiger partial charge in [0, 0.05) is 12.1 Å². The van der Waals surface area contributed by atoms with Gasteiger partial charge in [-0.2, -0.15) is 18.2 Å². The highest BCUT2D eigenvalue weighted by molar-refractivity contribution is 7.92. The minimum absolute atomic E-state index is 0.0650. The van der Waals surface area contributed by atoms with Crippen LogP contribution in [-0.2, 0) is 16.6 Å². The first-order valence-electron chi connectivity index (χ1n) is 10.3. The molecule has 0 saturated heterocycles. The average molecular weight is 493 g/mol. The fourth-order valence-electron chi connectivity index (χ4n) is 3.03. The summed E-state index contributed by atoms with van der Waals surface area (Å²) in [5.41, 5.74) is 2.16. The van der Waals surface area contributed by atoms with E-state index < -0.39 is 14.9 Å². The molecule has 0 saturated carbocycles. The summed E-state index contributed by atoms with van der Waals surface area (Å²) >= 11 is 0. The van der Waals surface area contributed by atoms with Crippen LogP contribution in [-0.4, -0.2) is 27.8 Å². The second-order valence-electron chi connectivity index (χ2n) is 7.41. The van der Waals surface area contributed by atoms with Crippen LogP contribution >= 0.6 is 0 Å². The third kappa shape index (κ3) is 5.83. The predicted molar refractivity (Wildman–Crippen MR) is 127 cm³/mol. The van der Waals surface area contributed by atoms with Gasteiger partial charge in [-0.05, 0) is 42.0 Å². The molecule has 0 bridgehead atoms. The molecule has 0 amide bonds. The van der Waals surface area contributed by atoms with Crippen molar-refractivity contribution in [2.75, 3.05) is 4.83 Å². The normalized spacial score (nSPS) is 12.2. The number of nitro groups is 1. The second kappa shape index (κ2) is 10.1. The molecule has 0 aliphatic heterocycles. The lowest BCUT2D eigenvalue weighted by Gasteiger charge is -2.08. The molecule has 0 atom stereocenters. The van der Waals surface area contributed by atoms with Crippen LogP contribution in [0, 0.1) is 17.0 Å². The van der Waals surface area contributed by atoms with Crippen molar-refractivity contribution in [3.8, 4) is 0 Å². The summed E-state index contributed by atoms with van der Waals surface area (Å²) in [4.78, 5) is 12.8. The Morgan fingerprint density at radius 1 is 1.00 bits per heavy atom. The van der Waals surface area contributed by atoms with E-state index in [4.69, 9.17) is 0 Å². The van der Waals surface area contributed by atoms with E-state index in [-0.39, 0.29) is 16.2 Å². The van der Waals surface area contributed by atoms with E-state index in [0.29, 0.717) is 12.2 Å². The molecular weight excluding hydrogens is 472 g/mol. The summed E-state index contributed by atoms with van der Waals surface area (Å²) in [6.07, 6.45) is 1.27. The van der Waals surface area contributed by atoms with Gasteiger partial charge < -0.3 is 0 Å². The molecule has 0 aliphatic rings. The molecule has 4 aromatic rings. The highest BCUT2D eigenvalue weighted by Crippen LogP contribution is 2.18. The van der Waals surface area contributed by atoms with Gasteiger partial charge in [-0.15, -0.1) is 5.11 Å². The van der Waals surface area contributed by atoms with Crippen LogP contribution in [0.4, 0.5) is 11.4 Å². The number of hydrogen-bond donors (Lipinski definition) is 1. The van der Waals surface area contributed by atoms with Gasteiger partial charge in [0.1, 0.15) is 6.33 Å². The Balaban J connectivity index is 1.68. The molecule has 0 aliphatic carbocycles. The van der Waals surface area contributed by atoms with Crippen LogP contribution in [0.1, 0.15) is 11.1 Å². The highest BCUT2D eigenvalue weighted by Gasteiger charge is 2.16. The Labute approximate surface area is 200 Å². The Morgan fingerprint density at radius 2 is 1.69 bits per heavy atom. The van der Waals surface area contributed by atoms with Crippen molar-refractivity contribution >= 4 is 21.4 Å². The SMILES string of the molecule is Cc1ccc(S(=O)(=O)Nn2cnn(Cc3ccccc3)c2=NN=Nc2ccc([N+](=O)[O-])cc2)cc1. The van der Waals surface area contributed by atoms with E-state index in [0.717, 1.165) is 15.8 Å². The molecule has 1 aromatic heterocycles. The largest absolute Gasteiger partial charge is 0.275 e. The summed E-state index contributed by atoms with van der Waals surface area (Å²) < 4.78 is 28.4. The molecule has 35 heavy (non-hydrogen) atoms. The number of nitro benzene ring substituents is 1. The lowest BCUT2D eigenvalue weighted by Crippen LogP contribution is -2.35. The minimum Gasteiger partial charge on any atom is -0.258 e. The third-order valence-corrected chi connectivity index (χ3v) is 6.16. The van der Waals surface area contributed by atoms with E-state index in [2.05, 4.69) is 25.4 Å². The maximum absolute atomic E-state index is 12.9. The van der Waals surface area contributed by atoms with Crippen molar-refractivity contribution in [2.24, 2.45) is 15.4 Å². The van der Waals surface area contributed by atoms with Crippen molar-refractivity contribution in [1.29, 1.82) is 0 Å². The van der Waals surface area contributed by atoms with Crippen LogP contribution in [0.2, 0.25) is 0 Å². The van der Waals surface area contributed by atoms with Gasteiger partial charge in [-0.25, -0.2) is 9.51 Å². The van der Waals surface area contributed by atoms with Crippen LogP contribution in [0.3, 0.4) is 0 Å². The van der Waals surface area contributed by atoms with Crippen molar-refractivity contribution in [1.82, 2.24) is 14.5 Å². The lowest BCUT2D eigenvalue weighted by molar-refractivity contribution is -0.384. The quantitative estimate of drug-likeness (QED) is 0.227. The molecule has 3 aromatic carbocycles. The molecule has 178 valence electrons. The van der Waals surface area contributed by atoms with Gasteiger partial charge in [0.25, 0.3) is 21.3 Å². The van der Waals surface area contributed by atoms with Crippen molar-refractivity contribution in [3.05, 3.63) is 112 Å². The Morgan fingerprint density at radius 3 is 2.34 bits per heavy atom. The maximum atomic E-state index is 12.9. The Kier molecular flexibility index (Phi) is 6.78. The molecule has 0 fully saturated rings. The average Bonchev–Trinajstić information content (AvgIpc) is 3.20. The number of non-ortho nitro benzene ring substituents is 1. The molecule has 0 unspecified atom stereocenters. The first-order valence-corrected chi connectivity index (χ1v) is 11.8. The molecular formula is C22H20N8O4S. The van der Waals surface area contributed by atoms with Crippen molar-refractivity contribution in [2.45, 2.75) is 18.4 Å². The summed E-state index contributed by atoms with van der Waals surface area (Å²) in [7, 11) is -3.94. The second-order valence-corrected chi connectivity index (χ2v) is 9.08. The van der Waals surface area contributed by atoms with Crippen molar-refractivity contribution < 1.29 is 13.3 Å². The zero-order valence-electron chi connectivity index (χ0n) is 18.5. The van der Waals surface area contributed by atoms with Crippen LogP contribution in [0.5, 0.6) is 0 Å². The summed E-state index contributed by atoms with van der Waals surface area (Å²) in [5.74, 6) is 0. The van der Waals surface area contributed by atoms with Gasteiger partial charge in [-0.1, -0.05) is 53.1 Å². The number of aromatic nitrogens is 3. The molecule has 13 heteroatoms. The monoisotopic (exact) mass is 492 g/mol. The molecule has 12 nitrogen and oxygen atoms in total. The third-order valence-electron chi connectivity index (χ3n) is 4.83. The summed E-state index contributed by atoms with van der Waals surface area (Å²) in [6, 6.07) is 21.2. The van der Waals surface area contributed by atoms with E-state index in [9.17, 15) is 18.5 Å². The molecule has 1 N–H and O–H groups in total. The number of nitrogens with zero attached hydrogens (tertiary/aromatic N) is 7. The number of hydrogen-bond acceptors (Lipinski definition) is 7. The van der Waals surface area contributed by atoms with Crippen LogP contribution < -0.4 is 10.4 Å². The van der Waals surface area contributed by atoms with E-state index >= 15 is 0 Å². The van der Waals surface area contributed by atoms with E-state index in [1.165, 1.54) is 47.4 Å². The standard InChI is InChI=1S/C22H20N8O4S/c1-17-7-13-21(14-8-17)35(33,34)27-29-16-23-28(15-18-5-3-2-4-6-18)22(29)25-26-24-19-9-11-20(12-10-19)30(31)32/h2-14,16,27H,15H2,1H3. The Bertz CT molecular complexity index is 1530. The topological polar surface area (TPSA) is 149 Å². The minimum atomic E-state index is -3.94. The van der Waals surface area contributed by atoms with Gasteiger partial charge in [0.05, 0.1) is 22.1 Å². The first-order chi connectivity index (χ1) is 16.8. The number of nitrogens with one attached hydrogen (secondary N) is 1. The van der Waals surface area contributed by atoms with Gasteiger partial charge in [-0.3, -0.25) is 10.1 Å². The molecule has 4 rings (SSSR count). The first kappa shape index (κ1) is 23.5. The number of rotatable bonds is 8. The fourth-order valence-corrected chi connectivity index (χ4v) is 4.02. The molecule has 0 spiro atoms. The van der Waals surface area contributed by atoms with E-state index in [1.54, 1.807) is 12.1 Å². The summed E-state index contributed by atoms with van der Waals surface area (Å²) in [6.45, 7) is 2.16. The van der Waals surface area contributed by atoms with Gasteiger partial charge in [0.2, 0.25) is 0 Å². The smallest absolute Gasteiger partial charge is 0.258 e. The maximum Gasteiger partial charge on any atom is 0.275 e. The Hall–Kier alpha value is -4.65. The van der Waals surface area contributed by atoms with Crippen LogP contribution in [0.25, 0.3) is 0 Å². The number of benzene rings is 3. The zero-order chi connectivity index (χ0) is 24.8. The van der Waals surface area contributed by atoms with E-state index in [1.807, 2.05) is 37.3 Å². The zero-order valence-corrected chi connectivity index (χ0v) is 19.3. The summed E-state index contributed by atoms with van der Waals surface area (Å²) in [5, 5.41) is 26.9. The predicted octanol–water partition coefficient (Wildman–Crippen LogP) is 3.48. The van der Waals surface area contributed by atoms with Gasteiger partial charge >= 0.3 is 0 Å². The highest BCUT2D eigenvalue weighted by atomic mass is 32.2. The number of sulfonamides is 1. The molecule has 0 radical (unpaired) electrons. The van der Waals surface area contributed by atoms with Crippen LogP contribution in [0.15, 0.2) is 106 Å². The van der Waals surface area contributed by atoms with Gasteiger partial charge in [0.15, 0.2) is 0 Å².